The molecular weight excluding hydrogens is 322 g/mol. The largest absolute Gasteiger partial charge is 0.486 e. The number of carbonyl (C=O) groups excluding carboxylic acids is 1. The Labute approximate surface area is 127 Å². The number of hydrogen-bond acceptors (Lipinski definition) is 3. The fourth-order valence-electron chi connectivity index (χ4n) is 2.62. The number of piperidine rings is 1. The molecule has 5 heteroatoms. The third kappa shape index (κ3) is 2.92. The van der Waals surface area contributed by atoms with Crippen LogP contribution >= 0.6 is 15.9 Å². The highest BCUT2D eigenvalue weighted by Gasteiger charge is 2.26. The molecule has 1 fully saturated rings. The second kappa shape index (κ2) is 6.04. The molecule has 1 atom stereocenters. The molecule has 1 aromatic rings. The second-order valence-electron chi connectivity index (χ2n) is 5.16. The van der Waals surface area contributed by atoms with E-state index in [-0.39, 0.29) is 10.7 Å². The summed E-state index contributed by atoms with van der Waals surface area (Å²) in [5, 5.41) is 0. The fraction of sp³-hybridized carbons (Fsp3) is 0.533. The topological polar surface area (TPSA) is 38.8 Å². The maximum Gasteiger partial charge on any atom is 0.236 e. The maximum atomic E-state index is 12.0. The number of hydrogen-bond donors (Lipinski definition) is 0. The van der Waals surface area contributed by atoms with Crippen molar-refractivity contribution >= 4 is 21.8 Å². The SMILES string of the molecule is O=C1C(Br)CCCN1CCc1ccc2c(c1)OCCO2. The van der Waals surface area contributed by atoms with Gasteiger partial charge in [-0.05, 0) is 37.0 Å². The Morgan fingerprint density at radius 3 is 2.90 bits per heavy atom. The first-order valence-electron chi connectivity index (χ1n) is 7.05. The van der Waals surface area contributed by atoms with Crippen LogP contribution in [0.4, 0.5) is 0 Å². The van der Waals surface area contributed by atoms with Gasteiger partial charge in [0.15, 0.2) is 11.5 Å². The Bertz CT molecular complexity index is 506. The number of likely N-dealkylation sites (tertiary alicyclic amines) is 1. The molecule has 1 aromatic carbocycles. The summed E-state index contributed by atoms with van der Waals surface area (Å²) in [6.07, 6.45) is 2.87. The van der Waals surface area contributed by atoms with Gasteiger partial charge in [-0.2, -0.15) is 0 Å². The van der Waals surface area contributed by atoms with Crippen LogP contribution < -0.4 is 9.47 Å². The van der Waals surface area contributed by atoms with Crippen LogP contribution in [-0.4, -0.2) is 41.9 Å². The van der Waals surface area contributed by atoms with Crippen LogP contribution in [0.2, 0.25) is 0 Å². The molecule has 20 heavy (non-hydrogen) atoms. The van der Waals surface area contributed by atoms with Crippen molar-refractivity contribution in [3.05, 3.63) is 23.8 Å². The summed E-state index contributed by atoms with van der Waals surface area (Å²) in [7, 11) is 0. The van der Waals surface area contributed by atoms with Crippen LogP contribution in [0.15, 0.2) is 18.2 Å². The predicted molar refractivity (Wildman–Crippen MR) is 79.7 cm³/mol. The van der Waals surface area contributed by atoms with E-state index in [2.05, 4.69) is 15.9 Å². The van der Waals surface area contributed by atoms with Gasteiger partial charge in [0.1, 0.15) is 13.2 Å². The van der Waals surface area contributed by atoms with Crippen LogP contribution in [0, 0.1) is 0 Å². The van der Waals surface area contributed by atoms with Crippen molar-refractivity contribution in [2.45, 2.75) is 24.1 Å². The van der Waals surface area contributed by atoms with Gasteiger partial charge in [0, 0.05) is 13.1 Å². The lowest BCUT2D eigenvalue weighted by atomic mass is 10.1. The van der Waals surface area contributed by atoms with E-state index >= 15 is 0 Å². The third-order valence-corrected chi connectivity index (χ3v) is 4.59. The molecule has 0 N–H and O–H groups in total. The maximum absolute atomic E-state index is 12.0. The van der Waals surface area contributed by atoms with Gasteiger partial charge in [0.25, 0.3) is 0 Å². The Kier molecular flexibility index (Phi) is 4.15. The first kappa shape index (κ1) is 13.7. The number of alkyl halides is 1. The average molecular weight is 340 g/mol. The van der Waals surface area contributed by atoms with Gasteiger partial charge in [0.2, 0.25) is 5.91 Å². The quantitative estimate of drug-likeness (QED) is 0.793. The molecule has 4 nitrogen and oxygen atoms in total. The summed E-state index contributed by atoms with van der Waals surface area (Å²) in [5.74, 6) is 1.85. The molecule has 3 rings (SSSR count). The number of fused-ring (bicyclic) bond motifs is 1. The minimum absolute atomic E-state index is 0.00323. The van der Waals surface area contributed by atoms with Gasteiger partial charge in [-0.25, -0.2) is 0 Å². The number of ether oxygens (including phenoxy) is 2. The molecular formula is C15H18BrNO3. The smallest absolute Gasteiger partial charge is 0.236 e. The van der Waals surface area contributed by atoms with Crippen LogP contribution in [0.25, 0.3) is 0 Å². The van der Waals surface area contributed by atoms with E-state index in [0.717, 1.165) is 43.9 Å². The number of benzene rings is 1. The summed E-state index contributed by atoms with van der Waals surface area (Å²) >= 11 is 3.44. The zero-order chi connectivity index (χ0) is 13.9. The van der Waals surface area contributed by atoms with Crippen LogP contribution in [0.1, 0.15) is 18.4 Å². The van der Waals surface area contributed by atoms with Gasteiger partial charge in [-0.1, -0.05) is 22.0 Å². The lowest BCUT2D eigenvalue weighted by molar-refractivity contribution is -0.132. The second-order valence-corrected chi connectivity index (χ2v) is 6.27. The predicted octanol–water partition coefficient (Wildman–Crippen LogP) is 2.39. The van der Waals surface area contributed by atoms with E-state index in [0.29, 0.717) is 13.2 Å². The highest BCUT2D eigenvalue weighted by Crippen LogP contribution is 2.31. The van der Waals surface area contributed by atoms with Crippen molar-refractivity contribution in [1.29, 1.82) is 0 Å². The van der Waals surface area contributed by atoms with Crippen molar-refractivity contribution in [2.24, 2.45) is 0 Å². The van der Waals surface area contributed by atoms with Gasteiger partial charge in [0.05, 0.1) is 4.83 Å². The molecule has 0 spiro atoms. The molecule has 0 radical (unpaired) electrons. The van der Waals surface area contributed by atoms with Crippen LogP contribution in [0.5, 0.6) is 11.5 Å². The van der Waals surface area contributed by atoms with Gasteiger partial charge in [-0.3, -0.25) is 4.79 Å². The van der Waals surface area contributed by atoms with Crippen molar-refractivity contribution in [3.8, 4) is 11.5 Å². The van der Waals surface area contributed by atoms with E-state index in [4.69, 9.17) is 9.47 Å². The van der Waals surface area contributed by atoms with Gasteiger partial charge < -0.3 is 14.4 Å². The minimum atomic E-state index is -0.00323. The lowest BCUT2D eigenvalue weighted by Gasteiger charge is -2.30. The standard InChI is InChI=1S/C15H18BrNO3/c16-12-2-1-6-17(15(12)18)7-5-11-3-4-13-14(10-11)20-9-8-19-13/h3-4,10,12H,1-2,5-9H2. The number of halogens is 1. The van der Waals surface area contributed by atoms with Gasteiger partial charge in [-0.15, -0.1) is 0 Å². The van der Waals surface area contributed by atoms with E-state index in [9.17, 15) is 4.79 Å². The molecule has 0 aromatic heterocycles. The molecule has 1 amide bonds. The molecule has 108 valence electrons. The summed E-state index contributed by atoms with van der Waals surface area (Å²) in [6, 6.07) is 6.03. The van der Waals surface area contributed by atoms with Crippen molar-refractivity contribution in [3.63, 3.8) is 0 Å². The zero-order valence-corrected chi connectivity index (χ0v) is 12.9. The first-order chi connectivity index (χ1) is 9.74. The summed E-state index contributed by atoms with van der Waals surface area (Å²) in [6.45, 7) is 2.85. The molecule has 1 saturated heterocycles. The molecule has 2 heterocycles. The molecule has 0 saturated carbocycles. The molecule has 1 unspecified atom stereocenters. The third-order valence-electron chi connectivity index (χ3n) is 3.74. The summed E-state index contributed by atoms with van der Waals surface area (Å²) in [4.78, 5) is 14.0. The van der Waals surface area contributed by atoms with E-state index in [1.54, 1.807) is 0 Å². The van der Waals surface area contributed by atoms with Gasteiger partial charge >= 0.3 is 0 Å². The van der Waals surface area contributed by atoms with Crippen molar-refractivity contribution < 1.29 is 14.3 Å². The highest BCUT2D eigenvalue weighted by atomic mass is 79.9. The van der Waals surface area contributed by atoms with Crippen LogP contribution in [0.3, 0.4) is 0 Å². The Hall–Kier alpha value is -1.23. The van der Waals surface area contributed by atoms with E-state index < -0.39 is 0 Å². The zero-order valence-electron chi connectivity index (χ0n) is 11.3. The minimum Gasteiger partial charge on any atom is -0.486 e. The van der Waals surface area contributed by atoms with Crippen LogP contribution in [-0.2, 0) is 11.2 Å². The summed E-state index contributed by atoms with van der Waals surface area (Å²) in [5.41, 5.74) is 1.18. The Morgan fingerprint density at radius 1 is 1.25 bits per heavy atom. The Balaban J connectivity index is 1.62. The number of nitrogens with zero attached hydrogens (tertiary/aromatic N) is 1. The lowest BCUT2D eigenvalue weighted by Crippen LogP contribution is -2.42. The molecule has 0 bridgehead atoms. The number of carbonyl (C=O) groups is 1. The Morgan fingerprint density at radius 2 is 2.05 bits per heavy atom. The first-order valence-corrected chi connectivity index (χ1v) is 7.97. The van der Waals surface area contributed by atoms with E-state index in [1.807, 2.05) is 23.1 Å². The normalized spacial score (nSPS) is 21.9. The number of amides is 1. The molecule has 2 aliphatic rings. The fourth-order valence-corrected chi connectivity index (χ4v) is 3.24. The monoisotopic (exact) mass is 339 g/mol. The summed E-state index contributed by atoms with van der Waals surface area (Å²) < 4.78 is 11.1. The molecule has 0 aliphatic carbocycles. The van der Waals surface area contributed by atoms with Crippen molar-refractivity contribution in [1.82, 2.24) is 4.90 Å². The molecule has 2 aliphatic heterocycles. The average Bonchev–Trinajstić information content (AvgIpc) is 2.48. The van der Waals surface area contributed by atoms with Crippen molar-refractivity contribution in [2.75, 3.05) is 26.3 Å². The van der Waals surface area contributed by atoms with E-state index in [1.165, 1.54) is 5.56 Å². The number of rotatable bonds is 3. The highest BCUT2D eigenvalue weighted by molar-refractivity contribution is 9.10.